The van der Waals surface area contributed by atoms with Gasteiger partial charge in [-0.2, -0.15) is 8.78 Å². The molecule has 0 aromatic heterocycles. The van der Waals surface area contributed by atoms with Crippen molar-refractivity contribution in [3.8, 4) is 0 Å². The Hall–Kier alpha value is -1.79. The zero-order chi connectivity index (χ0) is 17.9. The summed E-state index contributed by atoms with van der Waals surface area (Å²) in [6, 6.07) is 0. The Morgan fingerprint density at radius 3 is 2.75 bits per heavy atom. The van der Waals surface area contributed by atoms with E-state index in [2.05, 4.69) is 0 Å². The van der Waals surface area contributed by atoms with Crippen LogP contribution in [0.5, 0.6) is 0 Å². The van der Waals surface area contributed by atoms with E-state index in [0.29, 0.717) is 6.42 Å². The molecule has 0 aromatic carbocycles. The molecule has 1 saturated heterocycles. The van der Waals surface area contributed by atoms with Crippen LogP contribution in [0.2, 0.25) is 0 Å². The SMILES string of the molecule is CCCC(F)(F)C(=O)C=CC[C@@H]1C2CC(=O)O[C@H]2C[C@H]1OC(C)=O. The molecule has 1 saturated carbocycles. The maximum Gasteiger partial charge on any atom is 0.309 e. The van der Waals surface area contributed by atoms with Crippen LogP contribution in [0, 0.1) is 11.8 Å². The lowest BCUT2D eigenvalue weighted by molar-refractivity contribution is -0.149. The van der Waals surface area contributed by atoms with Crippen molar-refractivity contribution >= 4 is 17.7 Å². The van der Waals surface area contributed by atoms with E-state index >= 15 is 0 Å². The maximum atomic E-state index is 13.5. The van der Waals surface area contributed by atoms with E-state index < -0.39 is 30.2 Å². The van der Waals surface area contributed by atoms with Crippen LogP contribution in [0.15, 0.2) is 12.2 Å². The molecule has 1 aliphatic heterocycles. The molecule has 0 amide bonds. The molecular weight excluding hydrogens is 322 g/mol. The van der Waals surface area contributed by atoms with Crippen LogP contribution in [0.1, 0.15) is 46.0 Å². The van der Waals surface area contributed by atoms with Gasteiger partial charge in [0.25, 0.3) is 0 Å². The number of halogens is 2. The number of allylic oxidation sites excluding steroid dienone is 2. The summed E-state index contributed by atoms with van der Waals surface area (Å²) in [4.78, 5) is 34.2. The van der Waals surface area contributed by atoms with Crippen molar-refractivity contribution in [1.82, 2.24) is 0 Å². The van der Waals surface area contributed by atoms with Gasteiger partial charge < -0.3 is 9.47 Å². The van der Waals surface area contributed by atoms with Crippen molar-refractivity contribution in [2.45, 2.75) is 64.1 Å². The number of fused-ring (bicyclic) bond motifs is 1. The maximum absolute atomic E-state index is 13.5. The smallest absolute Gasteiger partial charge is 0.309 e. The van der Waals surface area contributed by atoms with Gasteiger partial charge in [0.1, 0.15) is 12.2 Å². The van der Waals surface area contributed by atoms with Crippen molar-refractivity contribution in [2.24, 2.45) is 11.8 Å². The molecule has 1 heterocycles. The molecule has 2 rings (SSSR count). The molecule has 24 heavy (non-hydrogen) atoms. The lowest BCUT2D eigenvalue weighted by Gasteiger charge is -2.21. The largest absolute Gasteiger partial charge is 0.462 e. The Balaban J connectivity index is 2.01. The molecule has 2 aliphatic rings. The monoisotopic (exact) mass is 344 g/mol. The Morgan fingerprint density at radius 2 is 2.12 bits per heavy atom. The zero-order valence-electron chi connectivity index (χ0n) is 13.8. The van der Waals surface area contributed by atoms with Crippen LogP contribution < -0.4 is 0 Å². The number of hydrogen-bond donors (Lipinski definition) is 0. The van der Waals surface area contributed by atoms with Gasteiger partial charge in [0.15, 0.2) is 0 Å². The second-order valence-corrected chi connectivity index (χ2v) is 6.40. The molecule has 2 fully saturated rings. The van der Waals surface area contributed by atoms with E-state index in [9.17, 15) is 23.2 Å². The second-order valence-electron chi connectivity index (χ2n) is 6.40. The van der Waals surface area contributed by atoms with Gasteiger partial charge in [-0.15, -0.1) is 0 Å². The van der Waals surface area contributed by atoms with Crippen LogP contribution in [-0.4, -0.2) is 35.9 Å². The topological polar surface area (TPSA) is 69.7 Å². The molecule has 1 aliphatic carbocycles. The highest BCUT2D eigenvalue weighted by Crippen LogP contribution is 2.44. The predicted octanol–water partition coefficient (Wildman–Crippen LogP) is 2.82. The minimum atomic E-state index is -3.36. The molecule has 0 bridgehead atoms. The molecule has 1 unspecified atom stereocenters. The van der Waals surface area contributed by atoms with Gasteiger partial charge in [-0.05, 0) is 18.9 Å². The molecule has 0 radical (unpaired) electrons. The van der Waals surface area contributed by atoms with Crippen LogP contribution in [0.3, 0.4) is 0 Å². The van der Waals surface area contributed by atoms with E-state index in [1.807, 2.05) is 0 Å². The quantitative estimate of drug-likeness (QED) is 0.525. The number of ketones is 1. The van der Waals surface area contributed by atoms with Gasteiger partial charge in [0, 0.05) is 31.6 Å². The Kier molecular flexibility index (Phi) is 5.72. The minimum absolute atomic E-state index is 0.113. The number of rotatable bonds is 7. The zero-order valence-corrected chi connectivity index (χ0v) is 13.8. The predicted molar refractivity (Wildman–Crippen MR) is 80.3 cm³/mol. The highest BCUT2D eigenvalue weighted by molar-refractivity contribution is 5.95. The fourth-order valence-electron chi connectivity index (χ4n) is 3.52. The first-order chi connectivity index (χ1) is 11.2. The van der Waals surface area contributed by atoms with Crippen LogP contribution in [-0.2, 0) is 23.9 Å². The van der Waals surface area contributed by atoms with Crippen LogP contribution in [0.4, 0.5) is 8.78 Å². The number of alkyl halides is 2. The van der Waals surface area contributed by atoms with Crippen molar-refractivity contribution < 1.29 is 32.6 Å². The molecule has 0 N–H and O–H groups in total. The molecular formula is C17H22F2O5. The number of carbonyl (C=O) groups excluding carboxylic acids is 3. The van der Waals surface area contributed by atoms with Gasteiger partial charge in [-0.1, -0.05) is 13.0 Å². The summed E-state index contributed by atoms with van der Waals surface area (Å²) >= 11 is 0. The summed E-state index contributed by atoms with van der Waals surface area (Å²) in [5.74, 6) is -5.64. The van der Waals surface area contributed by atoms with Gasteiger partial charge in [-0.25, -0.2) is 0 Å². The van der Waals surface area contributed by atoms with Gasteiger partial charge in [-0.3, -0.25) is 14.4 Å². The Labute approximate surface area is 139 Å². The summed E-state index contributed by atoms with van der Waals surface area (Å²) in [6.07, 6.45) is 2.19. The third-order valence-corrected chi connectivity index (χ3v) is 4.57. The Bertz CT molecular complexity index is 543. The summed E-state index contributed by atoms with van der Waals surface area (Å²) in [6.45, 7) is 2.88. The van der Waals surface area contributed by atoms with E-state index in [1.54, 1.807) is 6.92 Å². The molecule has 5 nitrogen and oxygen atoms in total. The highest BCUT2D eigenvalue weighted by atomic mass is 19.3. The van der Waals surface area contributed by atoms with Crippen molar-refractivity contribution in [3.05, 3.63) is 12.2 Å². The average molecular weight is 344 g/mol. The number of carbonyl (C=O) groups is 3. The summed E-state index contributed by atoms with van der Waals surface area (Å²) in [7, 11) is 0. The molecule has 4 atom stereocenters. The van der Waals surface area contributed by atoms with Crippen molar-refractivity contribution in [2.75, 3.05) is 0 Å². The third kappa shape index (κ3) is 4.19. The first kappa shape index (κ1) is 18.5. The average Bonchev–Trinajstić information content (AvgIpc) is 2.95. The third-order valence-electron chi connectivity index (χ3n) is 4.57. The molecule has 7 heteroatoms. The van der Waals surface area contributed by atoms with Crippen LogP contribution >= 0.6 is 0 Å². The summed E-state index contributed by atoms with van der Waals surface area (Å²) < 4.78 is 37.5. The Morgan fingerprint density at radius 1 is 1.42 bits per heavy atom. The lowest BCUT2D eigenvalue weighted by atomic mass is 9.89. The summed E-state index contributed by atoms with van der Waals surface area (Å²) in [5, 5.41) is 0. The standard InChI is InChI=1S/C17H22F2O5/c1-3-7-17(18,19)15(21)6-4-5-11-12-8-16(22)24-14(12)9-13(11)23-10(2)20/h4,6,11-14H,3,5,7-9H2,1-2H3/t11-,12?,13-,14+/m1/s1. The van der Waals surface area contributed by atoms with Gasteiger partial charge in [0.2, 0.25) is 5.78 Å². The normalized spacial score (nSPS) is 29.6. The fraction of sp³-hybridized carbons (Fsp3) is 0.706. The van der Waals surface area contributed by atoms with Gasteiger partial charge in [0.05, 0.1) is 6.42 Å². The number of ether oxygens (including phenoxy) is 2. The molecule has 134 valence electrons. The highest BCUT2D eigenvalue weighted by Gasteiger charge is 2.50. The van der Waals surface area contributed by atoms with E-state index in [4.69, 9.17) is 9.47 Å². The van der Waals surface area contributed by atoms with E-state index in [0.717, 1.165) is 6.08 Å². The van der Waals surface area contributed by atoms with E-state index in [-0.39, 0.29) is 43.2 Å². The minimum Gasteiger partial charge on any atom is -0.462 e. The second kappa shape index (κ2) is 7.40. The summed E-state index contributed by atoms with van der Waals surface area (Å²) in [5.41, 5.74) is 0. The van der Waals surface area contributed by atoms with Crippen molar-refractivity contribution in [3.63, 3.8) is 0 Å². The van der Waals surface area contributed by atoms with E-state index in [1.165, 1.54) is 13.0 Å². The van der Waals surface area contributed by atoms with Gasteiger partial charge >= 0.3 is 17.9 Å². The molecule has 0 aromatic rings. The van der Waals surface area contributed by atoms with Crippen molar-refractivity contribution in [1.29, 1.82) is 0 Å². The lowest BCUT2D eigenvalue weighted by Crippen LogP contribution is -2.27. The van der Waals surface area contributed by atoms with Crippen LogP contribution in [0.25, 0.3) is 0 Å². The number of hydrogen-bond acceptors (Lipinski definition) is 5. The number of esters is 2. The first-order valence-electron chi connectivity index (χ1n) is 8.20. The fourth-order valence-corrected chi connectivity index (χ4v) is 3.52. The first-order valence-corrected chi connectivity index (χ1v) is 8.20. The molecule has 0 spiro atoms.